The quantitative estimate of drug-likeness (QED) is 0.873. The smallest absolute Gasteiger partial charge is 0.224 e. The predicted octanol–water partition coefficient (Wildman–Crippen LogP) is 1.69. The van der Waals surface area contributed by atoms with Crippen molar-refractivity contribution in [3.8, 4) is 5.75 Å². The van der Waals surface area contributed by atoms with E-state index in [2.05, 4.69) is 0 Å². The molecule has 0 aliphatic heterocycles. The van der Waals surface area contributed by atoms with E-state index in [1.165, 1.54) is 4.90 Å². The average molecular weight is 258 g/mol. The second-order valence-corrected chi connectivity index (χ2v) is 4.09. The van der Waals surface area contributed by atoms with E-state index in [0.717, 1.165) is 5.56 Å². The van der Waals surface area contributed by atoms with Crippen molar-refractivity contribution in [1.29, 1.82) is 0 Å². The molecule has 1 amide bonds. The van der Waals surface area contributed by atoms with E-state index in [1.54, 1.807) is 26.3 Å². The molecular formula is C12H16ClNO3. The van der Waals surface area contributed by atoms with Crippen LogP contribution < -0.4 is 4.74 Å². The zero-order valence-corrected chi connectivity index (χ0v) is 10.7. The fourth-order valence-corrected chi connectivity index (χ4v) is 1.64. The van der Waals surface area contributed by atoms with Crippen molar-refractivity contribution in [3.63, 3.8) is 0 Å². The van der Waals surface area contributed by atoms with Gasteiger partial charge in [0.05, 0.1) is 13.7 Å². The van der Waals surface area contributed by atoms with E-state index in [0.29, 0.717) is 17.3 Å². The molecule has 1 rings (SSSR count). The highest BCUT2D eigenvalue weighted by Crippen LogP contribution is 2.23. The summed E-state index contributed by atoms with van der Waals surface area (Å²) in [5.74, 6) is 0.572. The van der Waals surface area contributed by atoms with Crippen LogP contribution in [0.15, 0.2) is 18.2 Å². The number of halogens is 1. The number of methoxy groups -OCH3 is 1. The van der Waals surface area contributed by atoms with Gasteiger partial charge in [0, 0.05) is 25.0 Å². The minimum absolute atomic E-state index is 0.112. The molecule has 0 saturated heterocycles. The Morgan fingerprint density at radius 3 is 2.76 bits per heavy atom. The molecule has 1 aromatic carbocycles. The van der Waals surface area contributed by atoms with Gasteiger partial charge >= 0.3 is 0 Å². The number of ether oxygens (including phenoxy) is 1. The predicted molar refractivity (Wildman–Crippen MR) is 66.2 cm³/mol. The molecule has 0 fully saturated rings. The van der Waals surface area contributed by atoms with Crippen LogP contribution in [0, 0.1) is 0 Å². The summed E-state index contributed by atoms with van der Waals surface area (Å²) >= 11 is 6.07. The number of hydrogen-bond donors (Lipinski definition) is 1. The first kappa shape index (κ1) is 13.8. The number of aliphatic hydroxyl groups is 1. The Hall–Kier alpha value is -1.26. The van der Waals surface area contributed by atoms with Crippen LogP contribution in [0.1, 0.15) is 12.0 Å². The van der Waals surface area contributed by atoms with E-state index in [4.69, 9.17) is 21.4 Å². The van der Waals surface area contributed by atoms with Crippen LogP contribution in [0.3, 0.4) is 0 Å². The van der Waals surface area contributed by atoms with Crippen molar-refractivity contribution in [3.05, 3.63) is 28.8 Å². The zero-order valence-electron chi connectivity index (χ0n) is 9.94. The van der Waals surface area contributed by atoms with Gasteiger partial charge in [-0.2, -0.15) is 0 Å². The summed E-state index contributed by atoms with van der Waals surface area (Å²) in [6, 6.07) is 5.33. The number of hydrogen-bond acceptors (Lipinski definition) is 3. The summed E-state index contributed by atoms with van der Waals surface area (Å²) in [7, 11) is 3.25. The highest BCUT2D eigenvalue weighted by Gasteiger charge is 2.10. The van der Waals surface area contributed by atoms with Crippen LogP contribution in [-0.2, 0) is 11.3 Å². The number of carbonyl (C=O) groups is 1. The van der Waals surface area contributed by atoms with E-state index >= 15 is 0 Å². The Labute approximate surface area is 106 Å². The fraction of sp³-hybridized carbons (Fsp3) is 0.417. The summed E-state index contributed by atoms with van der Waals surface area (Å²) in [6.45, 7) is 0.279. The van der Waals surface area contributed by atoms with Crippen molar-refractivity contribution >= 4 is 17.5 Å². The Bertz CT molecular complexity index is 395. The second kappa shape index (κ2) is 6.47. The molecule has 0 spiro atoms. The first-order valence-corrected chi connectivity index (χ1v) is 5.63. The number of nitrogens with zero attached hydrogens (tertiary/aromatic N) is 1. The minimum Gasteiger partial charge on any atom is -0.497 e. The van der Waals surface area contributed by atoms with Gasteiger partial charge in [0.15, 0.2) is 0 Å². The van der Waals surface area contributed by atoms with Gasteiger partial charge < -0.3 is 14.7 Å². The highest BCUT2D eigenvalue weighted by molar-refractivity contribution is 6.31. The van der Waals surface area contributed by atoms with Crippen molar-refractivity contribution in [2.45, 2.75) is 13.0 Å². The minimum atomic E-state index is -0.139. The molecular weight excluding hydrogens is 242 g/mol. The van der Waals surface area contributed by atoms with Gasteiger partial charge in [-0.3, -0.25) is 4.79 Å². The first-order valence-electron chi connectivity index (χ1n) is 5.25. The molecule has 0 saturated carbocycles. The molecule has 0 bridgehead atoms. The number of rotatable bonds is 5. The first-order chi connectivity index (χ1) is 8.08. The third-order valence-electron chi connectivity index (χ3n) is 2.42. The van der Waals surface area contributed by atoms with Gasteiger partial charge in [-0.1, -0.05) is 17.7 Å². The summed E-state index contributed by atoms with van der Waals surface area (Å²) in [4.78, 5) is 13.0. The molecule has 0 heterocycles. The Morgan fingerprint density at radius 2 is 2.24 bits per heavy atom. The van der Waals surface area contributed by atoms with Crippen LogP contribution in [-0.4, -0.2) is 36.7 Å². The SMILES string of the molecule is COc1ccc(CN(C)C(=O)CCO)c(Cl)c1. The van der Waals surface area contributed by atoms with Crippen LogP contribution in [0.25, 0.3) is 0 Å². The molecule has 94 valence electrons. The second-order valence-electron chi connectivity index (χ2n) is 3.68. The molecule has 0 unspecified atom stereocenters. The van der Waals surface area contributed by atoms with E-state index < -0.39 is 0 Å². The van der Waals surface area contributed by atoms with Gasteiger partial charge in [0.25, 0.3) is 0 Å². The third-order valence-corrected chi connectivity index (χ3v) is 2.77. The molecule has 0 atom stereocenters. The lowest BCUT2D eigenvalue weighted by Gasteiger charge is -2.17. The van der Waals surface area contributed by atoms with E-state index in [1.807, 2.05) is 6.07 Å². The van der Waals surface area contributed by atoms with Gasteiger partial charge in [-0.05, 0) is 17.7 Å². The van der Waals surface area contributed by atoms with Gasteiger partial charge in [0.1, 0.15) is 5.75 Å². The normalized spacial score (nSPS) is 10.1. The summed E-state index contributed by atoms with van der Waals surface area (Å²) in [6.07, 6.45) is 0.129. The van der Waals surface area contributed by atoms with Crippen LogP contribution in [0.2, 0.25) is 5.02 Å². The lowest BCUT2D eigenvalue weighted by Crippen LogP contribution is -2.26. The lowest BCUT2D eigenvalue weighted by atomic mass is 10.2. The van der Waals surface area contributed by atoms with Crippen molar-refractivity contribution in [1.82, 2.24) is 4.90 Å². The summed E-state index contributed by atoms with van der Waals surface area (Å²) < 4.78 is 5.04. The molecule has 1 aromatic rings. The zero-order chi connectivity index (χ0) is 12.8. The number of benzene rings is 1. The maximum absolute atomic E-state index is 11.5. The maximum Gasteiger partial charge on any atom is 0.224 e. The topological polar surface area (TPSA) is 49.8 Å². The molecule has 0 aliphatic rings. The van der Waals surface area contributed by atoms with Gasteiger partial charge in [-0.25, -0.2) is 0 Å². The third kappa shape index (κ3) is 3.91. The molecule has 4 nitrogen and oxygen atoms in total. The van der Waals surface area contributed by atoms with Crippen LogP contribution >= 0.6 is 11.6 Å². The Balaban J connectivity index is 2.71. The average Bonchev–Trinajstić information content (AvgIpc) is 2.31. The lowest BCUT2D eigenvalue weighted by molar-refractivity contribution is -0.131. The largest absolute Gasteiger partial charge is 0.497 e. The van der Waals surface area contributed by atoms with E-state index in [9.17, 15) is 4.79 Å². The van der Waals surface area contributed by atoms with E-state index in [-0.39, 0.29) is 18.9 Å². The molecule has 0 aromatic heterocycles. The summed E-state index contributed by atoms with van der Waals surface area (Å²) in [5, 5.41) is 9.25. The summed E-state index contributed by atoms with van der Waals surface area (Å²) in [5.41, 5.74) is 0.848. The molecule has 5 heteroatoms. The monoisotopic (exact) mass is 257 g/mol. The van der Waals surface area contributed by atoms with Crippen molar-refractivity contribution in [2.75, 3.05) is 20.8 Å². The Kier molecular flexibility index (Phi) is 5.25. The van der Waals surface area contributed by atoms with Crippen LogP contribution in [0.4, 0.5) is 0 Å². The Morgan fingerprint density at radius 1 is 1.53 bits per heavy atom. The molecule has 17 heavy (non-hydrogen) atoms. The molecule has 1 N–H and O–H groups in total. The fourth-order valence-electron chi connectivity index (χ4n) is 1.41. The molecule has 0 aliphatic carbocycles. The standard InChI is InChI=1S/C12H16ClNO3/c1-14(12(16)5-6-15)8-9-3-4-10(17-2)7-11(9)13/h3-4,7,15H,5-6,8H2,1-2H3. The number of amides is 1. The number of carbonyl (C=O) groups excluding carboxylic acids is 1. The molecule has 0 radical (unpaired) electrons. The van der Waals surface area contributed by atoms with Crippen LogP contribution in [0.5, 0.6) is 5.75 Å². The number of aliphatic hydroxyl groups excluding tert-OH is 1. The maximum atomic E-state index is 11.5. The van der Waals surface area contributed by atoms with Crippen molar-refractivity contribution < 1.29 is 14.6 Å². The van der Waals surface area contributed by atoms with Gasteiger partial charge in [-0.15, -0.1) is 0 Å². The van der Waals surface area contributed by atoms with Gasteiger partial charge in [0.2, 0.25) is 5.91 Å². The highest BCUT2D eigenvalue weighted by atomic mass is 35.5. The van der Waals surface area contributed by atoms with Crippen molar-refractivity contribution in [2.24, 2.45) is 0 Å².